The number of hydrogen-bond acceptors (Lipinski definition) is 0. The van der Waals surface area contributed by atoms with Crippen LogP contribution >= 0.6 is 0 Å². The Balaban J connectivity index is 0.000000215. The van der Waals surface area contributed by atoms with E-state index in [9.17, 15) is 0 Å². The Morgan fingerprint density at radius 3 is 1.26 bits per heavy atom. The van der Waals surface area contributed by atoms with Gasteiger partial charge in [0, 0.05) is 0 Å². The van der Waals surface area contributed by atoms with E-state index in [4.69, 9.17) is 0 Å². The third-order valence-electron chi connectivity index (χ3n) is 9.80. The standard InChI is InChI=1S/2C20H21.C6H12Si.2ClH.Zr/c2*1-14-12-16-6-5-7-18(19(16)13-14)15-8-10-17(11-9-15)20(2,3)4;7-6-4-2-1-3-5-6;;;/h2*5-13H,1-4H3;6-7H,1-5H2;2*1H;/q2*-1;;;;+2/p-2. The molecule has 1 aliphatic rings. The van der Waals surface area contributed by atoms with Crippen molar-refractivity contribution in [2.75, 3.05) is 0 Å². The molecule has 0 unspecified atom stereocenters. The monoisotopic (exact) mass is 794 g/mol. The van der Waals surface area contributed by atoms with Gasteiger partial charge >= 0.3 is 67.1 Å². The average Bonchev–Trinajstić information content (AvgIpc) is 3.65. The van der Waals surface area contributed by atoms with Gasteiger partial charge in [0.1, 0.15) is 0 Å². The number of aryl methyl sites for hydroxylation is 2. The van der Waals surface area contributed by atoms with E-state index in [1.165, 1.54) is 90.9 Å². The van der Waals surface area contributed by atoms with Crippen molar-refractivity contribution in [3.8, 4) is 22.3 Å². The van der Waals surface area contributed by atoms with Crippen LogP contribution in [0.4, 0.5) is 0 Å². The average molecular weight is 797 g/mol. The van der Waals surface area contributed by atoms with E-state index in [0.29, 0.717) is 0 Å². The first-order valence-corrected chi connectivity index (χ1v) is 23.4. The molecule has 0 amide bonds. The molecular weight excluding hydrogens is 743 g/mol. The Morgan fingerprint density at radius 2 is 0.940 bits per heavy atom. The fourth-order valence-electron chi connectivity index (χ4n) is 6.87. The fraction of sp³-hybridized carbons (Fsp3) is 0.348. The van der Waals surface area contributed by atoms with Crippen molar-refractivity contribution in [3.05, 3.63) is 131 Å². The molecule has 1 fully saturated rings. The molecule has 0 atom stereocenters. The summed E-state index contributed by atoms with van der Waals surface area (Å²) < 4.78 is 0. The molecule has 1 saturated carbocycles. The number of rotatable bonds is 3. The summed E-state index contributed by atoms with van der Waals surface area (Å²) in [6.45, 7) is 17.8. The maximum atomic E-state index is 2.28. The van der Waals surface area contributed by atoms with Crippen LogP contribution in [0.25, 0.3) is 43.8 Å². The first kappa shape index (κ1) is 42.2. The molecule has 0 bridgehead atoms. The third-order valence-corrected chi connectivity index (χ3v) is 14.4. The molecule has 0 radical (unpaired) electrons. The van der Waals surface area contributed by atoms with Gasteiger partial charge in [-0.3, -0.25) is 0 Å². The van der Waals surface area contributed by atoms with E-state index in [1.807, 2.05) is 23.3 Å². The summed E-state index contributed by atoms with van der Waals surface area (Å²) in [6, 6.07) is 40.2. The van der Waals surface area contributed by atoms with Gasteiger partial charge in [0.25, 0.3) is 0 Å². The zero-order valence-electron chi connectivity index (χ0n) is 31.3. The SMILES string of the molecule is Cc1cc2c(-c3ccc(C(C)(C)C)cc3)cccc2[cH-]1.Cc1cc2c(-c3ccc(C(C)(C)C)cc3)cccc2[cH-]1.[Cl-].[Cl-].[Zr+2]=[SiH]C1CCCCC1. The van der Waals surface area contributed by atoms with E-state index < -0.39 is 0 Å². The summed E-state index contributed by atoms with van der Waals surface area (Å²) in [5, 5.41) is 5.38. The molecule has 1 aliphatic carbocycles. The van der Waals surface area contributed by atoms with Crippen molar-refractivity contribution < 1.29 is 48.1 Å². The molecule has 0 N–H and O–H groups in total. The molecule has 0 heterocycles. The second-order valence-corrected chi connectivity index (χ2v) is 19.6. The quantitative estimate of drug-likeness (QED) is 0.130. The number of halogens is 2. The van der Waals surface area contributed by atoms with Crippen LogP contribution in [-0.4, -0.2) is 6.16 Å². The van der Waals surface area contributed by atoms with Gasteiger partial charge in [-0.15, -0.1) is 69.1 Å². The first-order valence-electron chi connectivity index (χ1n) is 17.9. The molecule has 7 rings (SSSR count). The van der Waals surface area contributed by atoms with E-state index in [2.05, 4.69) is 165 Å². The van der Waals surface area contributed by atoms with Crippen molar-refractivity contribution in [2.45, 2.75) is 104 Å². The van der Waals surface area contributed by atoms with Crippen molar-refractivity contribution >= 4 is 27.7 Å². The molecule has 0 aromatic heterocycles. The van der Waals surface area contributed by atoms with Crippen molar-refractivity contribution in [2.24, 2.45) is 0 Å². The van der Waals surface area contributed by atoms with Gasteiger partial charge in [0.15, 0.2) is 0 Å². The Hall–Kier alpha value is -2.22. The minimum atomic E-state index is 0. The molecular formula is C46H54Cl2SiZr-2. The van der Waals surface area contributed by atoms with Gasteiger partial charge in [-0.2, -0.15) is 12.1 Å². The van der Waals surface area contributed by atoms with E-state index in [0.717, 1.165) is 6.16 Å². The van der Waals surface area contributed by atoms with Crippen LogP contribution in [0.2, 0.25) is 5.54 Å². The molecule has 0 nitrogen and oxygen atoms in total. The Labute approximate surface area is 331 Å². The molecule has 6 aromatic rings. The summed E-state index contributed by atoms with van der Waals surface area (Å²) in [5.41, 5.74) is 12.3. The van der Waals surface area contributed by atoms with Crippen LogP contribution in [-0.2, 0) is 34.2 Å². The zero-order chi connectivity index (χ0) is 34.5. The normalized spacial score (nSPS) is 13.3. The first-order chi connectivity index (χ1) is 22.8. The maximum absolute atomic E-state index is 2.28. The molecule has 0 saturated heterocycles. The summed E-state index contributed by atoms with van der Waals surface area (Å²) in [7, 11) is 0. The van der Waals surface area contributed by atoms with Crippen LogP contribution in [0.1, 0.15) is 95.9 Å². The van der Waals surface area contributed by atoms with Gasteiger partial charge in [0.2, 0.25) is 0 Å². The second-order valence-electron chi connectivity index (χ2n) is 15.9. The minimum absolute atomic E-state index is 0. The van der Waals surface area contributed by atoms with Gasteiger partial charge in [-0.1, -0.05) is 127 Å². The van der Waals surface area contributed by atoms with E-state index >= 15 is 0 Å². The topological polar surface area (TPSA) is 0 Å². The van der Waals surface area contributed by atoms with Gasteiger partial charge < -0.3 is 24.8 Å². The molecule has 4 heteroatoms. The molecule has 6 aromatic carbocycles. The Kier molecular flexibility index (Phi) is 15.6. The van der Waals surface area contributed by atoms with Crippen LogP contribution < -0.4 is 24.8 Å². The number of benzene rings is 4. The molecule has 0 aliphatic heterocycles. The van der Waals surface area contributed by atoms with Gasteiger partial charge in [-0.05, 0) is 33.1 Å². The van der Waals surface area contributed by atoms with Gasteiger partial charge in [0.05, 0.1) is 0 Å². The molecule has 0 spiro atoms. The number of fused-ring (bicyclic) bond motifs is 2. The van der Waals surface area contributed by atoms with Crippen LogP contribution in [0, 0.1) is 13.8 Å². The number of hydrogen-bond donors (Lipinski definition) is 0. The van der Waals surface area contributed by atoms with Crippen LogP contribution in [0.5, 0.6) is 0 Å². The van der Waals surface area contributed by atoms with Gasteiger partial charge in [-0.25, -0.2) is 0 Å². The van der Waals surface area contributed by atoms with Crippen molar-refractivity contribution in [3.63, 3.8) is 0 Å². The summed E-state index contributed by atoms with van der Waals surface area (Å²) in [5.74, 6) is 0. The molecule has 50 heavy (non-hydrogen) atoms. The summed E-state index contributed by atoms with van der Waals surface area (Å²) in [4.78, 5) is 0. The third kappa shape index (κ3) is 10.9. The second kappa shape index (κ2) is 18.5. The van der Waals surface area contributed by atoms with E-state index in [-0.39, 0.29) is 35.6 Å². The summed E-state index contributed by atoms with van der Waals surface area (Å²) in [6.07, 6.45) is 8.60. The Bertz CT molecular complexity index is 1810. The van der Waals surface area contributed by atoms with Crippen molar-refractivity contribution in [1.82, 2.24) is 0 Å². The Morgan fingerprint density at radius 1 is 0.560 bits per heavy atom. The van der Waals surface area contributed by atoms with Crippen LogP contribution in [0.3, 0.4) is 0 Å². The predicted octanol–water partition coefficient (Wildman–Crippen LogP) is 7.31. The summed E-state index contributed by atoms with van der Waals surface area (Å²) >= 11 is 1.82. The predicted molar refractivity (Wildman–Crippen MR) is 211 cm³/mol. The molecule has 262 valence electrons. The van der Waals surface area contributed by atoms with Crippen molar-refractivity contribution in [1.29, 1.82) is 0 Å². The van der Waals surface area contributed by atoms with E-state index in [1.54, 1.807) is 12.8 Å². The zero-order valence-corrected chi connectivity index (χ0v) is 36.5. The fourth-order valence-corrected chi connectivity index (χ4v) is 10.1. The van der Waals surface area contributed by atoms with Crippen LogP contribution in [0.15, 0.2) is 109 Å².